The summed E-state index contributed by atoms with van der Waals surface area (Å²) in [6, 6.07) is 12.5. The summed E-state index contributed by atoms with van der Waals surface area (Å²) in [5.41, 5.74) is 5.65. The van der Waals surface area contributed by atoms with E-state index in [-0.39, 0.29) is 5.91 Å². The van der Waals surface area contributed by atoms with E-state index in [4.69, 9.17) is 4.74 Å². The molecule has 1 heterocycles. The molecule has 162 valence electrons. The predicted octanol–water partition coefficient (Wildman–Crippen LogP) is 1.11. The lowest BCUT2D eigenvalue weighted by Crippen LogP contribution is -3.28. The molecule has 0 unspecified atom stereocenters. The fourth-order valence-corrected chi connectivity index (χ4v) is 4.17. The van der Waals surface area contributed by atoms with Gasteiger partial charge in [-0.2, -0.15) is 0 Å². The molecule has 1 aliphatic heterocycles. The highest BCUT2D eigenvalue weighted by Gasteiger charge is 2.24. The van der Waals surface area contributed by atoms with Crippen LogP contribution in [0.15, 0.2) is 36.4 Å². The van der Waals surface area contributed by atoms with Crippen molar-refractivity contribution >= 4 is 11.6 Å². The molecule has 0 aliphatic carbocycles. The number of carbonyl (C=O) groups excluding carboxylic acids is 1. The lowest BCUT2D eigenvalue weighted by molar-refractivity contribution is -1.01. The van der Waals surface area contributed by atoms with Gasteiger partial charge < -0.3 is 19.9 Å². The van der Waals surface area contributed by atoms with E-state index in [1.807, 2.05) is 32.0 Å². The standard InChI is InChI=1S/C25H35N3O2/c1-19-9-10-20(2)23(17-19)30-16-6-11-27-12-14-28(15-13-27)18-24(29)26-25-21(3)7-5-8-22(25)4/h5,7-10,17H,6,11-16,18H2,1-4H3,(H,26,29)/p+2. The van der Waals surface area contributed by atoms with Crippen LogP contribution in [-0.2, 0) is 4.79 Å². The summed E-state index contributed by atoms with van der Waals surface area (Å²) in [6.07, 6.45) is 1.06. The summed E-state index contributed by atoms with van der Waals surface area (Å²) in [7, 11) is 0. The van der Waals surface area contributed by atoms with Crippen LogP contribution in [0.5, 0.6) is 5.75 Å². The average Bonchev–Trinajstić information content (AvgIpc) is 2.72. The molecule has 0 spiro atoms. The van der Waals surface area contributed by atoms with Gasteiger partial charge in [0.15, 0.2) is 6.54 Å². The summed E-state index contributed by atoms with van der Waals surface area (Å²) in [6.45, 7) is 15.1. The number of hydrogen-bond donors (Lipinski definition) is 3. The molecule has 3 rings (SSSR count). The summed E-state index contributed by atoms with van der Waals surface area (Å²) in [4.78, 5) is 15.5. The Morgan fingerprint density at radius 2 is 1.60 bits per heavy atom. The molecular formula is C25H37N3O2+2. The highest BCUT2D eigenvalue weighted by atomic mass is 16.5. The van der Waals surface area contributed by atoms with Gasteiger partial charge in [-0.25, -0.2) is 0 Å². The zero-order valence-corrected chi connectivity index (χ0v) is 18.9. The first-order chi connectivity index (χ1) is 14.4. The van der Waals surface area contributed by atoms with Crippen molar-refractivity contribution in [1.29, 1.82) is 0 Å². The normalized spacial score (nSPS) is 18.8. The molecule has 2 aromatic carbocycles. The SMILES string of the molecule is Cc1ccc(C)c(OCCC[NH+]2CC[NH+](CC(=O)Nc3c(C)cccc3C)CC2)c1. The van der Waals surface area contributed by atoms with Gasteiger partial charge in [-0.3, -0.25) is 4.79 Å². The van der Waals surface area contributed by atoms with Crippen molar-refractivity contribution in [3.63, 3.8) is 0 Å². The minimum absolute atomic E-state index is 0.118. The third-order valence-electron chi connectivity index (χ3n) is 6.10. The van der Waals surface area contributed by atoms with Gasteiger partial charge in [0.1, 0.15) is 31.9 Å². The Balaban J connectivity index is 1.34. The second-order valence-corrected chi connectivity index (χ2v) is 8.71. The summed E-state index contributed by atoms with van der Waals surface area (Å²) in [5.74, 6) is 1.13. The number of carbonyl (C=O) groups is 1. The van der Waals surface area contributed by atoms with Crippen molar-refractivity contribution in [2.24, 2.45) is 0 Å². The topological polar surface area (TPSA) is 47.2 Å². The molecule has 0 aromatic heterocycles. The Hall–Kier alpha value is -2.37. The van der Waals surface area contributed by atoms with Crippen LogP contribution in [0.4, 0.5) is 5.69 Å². The molecule has 1 fully saturated rings. The first kappa shape index (κ1) is 22.3. The first-order valence-electron chi connectivity index (χ1n) is 11.2. The fourth-order valence-electron chi connectivity index (χ4n) is 4.17. The van der Waals surface area contributed by atoms with Crippen LogP contribution >= 0.6 is 0 Å². The number of hydrogen-bond acceptors (Lipinski definition) is 2. The van der Waals surface area contributed by atoms with Gasteiger partial charge in [-0.05, 0) is 56.0 Å². The number of nitrogens with one attached hydrogen (secondary N) is 3. The molecular weight excluding hydrogens is 374 g/mol. The Labute approximate surface area is 181 Å². The Morgan fingerprint density at radius 3 is 2.30 bits per heavy atom. The summed E-state index contributed by atoms with van der Waals surface area (Å²) >= 11 is 0. The third kappa shape index (κ3) is 6.31. The Kier molecular flexibility index (Phi) is 7.88. The molecule has 3 N–H and O–H groups in total. The van der Waals surface area contributed by atoms with Crippen LogP contribution in [-0.4, -0.2) is 51.8 Å². The zero-order valence-electron chi connectivity index (χ0n) is 18.9. The predicted molar refractivity (Wildman–Crippen MR) is 122 cm³/mol. The molecule has 30 heavy (non-hydrogen) atoms. The molecule has 2 aromatic rings. The van der Waals surface area contributed by atoms with E-state index in [0.717, 1.165) is 68.3 Å². The second kappa shape index (κ2) is 10.6. The fraction of sp³-hybridized carbons (Fsp3) is 0.480. The monoisotopic (exact) mass is 411 g/mol. The maximum Gasteiger partial charge on any atom is 0.279 e. The van der Waals surface area contributed by atoms with Gasteiger partial charge >= 0.3 is 0 Å². The van der Waals surface area contributed by atoms with E-state index in [1.165, 1.54) is 16.0 Å². The second-order valence-electron chi connectivity index (χ2n) is 8.71. The van der Waals surface area contributed by atoms with Crippen LogP contribution in [0.1, 0.15) is 28.7 Å². The van der Waals surface area contributed by atoms with Crippen molar-refractivity contribution in [3.8, 4) is 5.75 Å². The first-order valence-corrected chi connectivity index (χ1v) is 11.2. The number of piperazine rings is 1. The molecule has 1 aliphatic rings. The van der Waals surface area contributed by atoms with Crippen LogP contribution in [0.3, 0.4) is 0 Å². The lowest BCUT2D eigenvalue weighted by atomic mass is 10.1. The maximum atomic E-state index is 12.5. The molecule has 0 saturated carbocycles. The van der Waals surface area contributed by atoms with Crippen molar-refractivity contribution in [1.82, 2.24) is 0 Å². The number of quaternary nitrogens is 2. The Morgan fingerprint density at radius 1 is 0.933 bits per heavy atom. The number of rotatable bonds is 8. The van der Waals surface area contributed by atoms with E-state index in [1.54, 1.807) is 4.90 Å². The molecule has 0 radical (unpaired) electrons. The van der Waals surface area contributed by atoms with E-state index in [2.05, 4.69) is 37.4 Å². The number of anilines is 1. The van der Waals surface area contributed by atoms with Gasteiger partial charge in [-0.1, -0.05) is 30.3 Å². The zero-order chi connectivity index (χ0) is 21.5. The van der Waals surface area contributed by atoms with Crippen LogP contribution in [0.25, 0.3) is 0 Å². The van der Waals surface area contributed by atoms with Crippen LogP contribution in [0, 0.1) is 27.7 Å². The molecule has 5 nitrogen and oxygen atoms in total. The number of ether oxygens (including phenoxy) is 1. The van der Waals surface area contributed by atoms with Crippen LogP contribution in [0.2, 0.25) is 0 Å². The minimum Gasteiger partial charge on any atom is -0.493 e. The number of benzene rings is 2. The van der Waals surface area contributed by atoms with Gasteiger partial charge in [0.05, 0.1) is 13.2 Å². The van der Waals surface area contributed by atoms with E-state index in [9.17, 15) is 4.79 Å². The van der Waals surface area contributed by atoms with Gasteiger partial charge in [-0.15, -0.1) is 0 Å². The van der Waals surface area contributed by atoms with E-state index < -0.39 is 0 Å². The molecule has 5 heteroatoms. The molecule has 0 atom stereocenters. The number of amides is 1. The van der Waals surface area contributed by atoms with Crippen molar-refractivity contribution in [2.75, 3.05) is 51.2 Å². The highest BCUT2D eigenvalue weighted by molar-refractivity contribution is 5.93. The highest BCUT2D eigenvalue weighted by Crippen LogP contribution is 2.19. The van der Waals surface area contributed by atoms with Gasteiger partial charge in [0, 0.05) is 12.1 Å². The van der Waals surface area contributed by atoms with Crippen molar-refractivity contribution in [2.45, 2.75) is 34.1 Å². The summed E-state index contributed by atoms with van der Waals surface area (Å²) in [5, 5.41) is 3.12. The van der Waals surface area contributed by atoms with Crippen molar-refractivity contribution < 1.29 is 19.3 Å². The smallest absolute Gasteiger partial charge is 0.279 e. The minimum atomic E-state index is 0.118. The molecule has 1 saturated heterocycles. The Bertz CT molecular complexity index is 837. The average molecular weight is 412 g/mol. The summed E-state index contributed by atoms with van der Waals surface area (Å²) < 4.78 is 5.99. The quantitative estimate of drug-likeness (QED) is 0.570. The van der Waals surface area contributed by atoms with Gasteiger partial charge in [0.25, 0.3) is 5.91 Å². The maximum absolute atomic E-state index is 12.5. The van der Waals surface area contributed by atoms with E-state index in [0.29, 0.717) is 6.54 Å². The molecule has 1 amide bonds. The lowest BCUT2D eigenvalue weighted by Gasteiger charge is -2.29. The number of aryl methyl sites for hydroxylation is 4. The molecule has 0 bridgehead atoms. The third-order valence-corrected chi connectivity index (χ3v) is 6.10. The number of para-hydroxylation sites is 1. The van der Waals surface area contributed by atoms with Crippen molar-refractivity contribution in [3.05, 3.63) is 58.7 Å². The van der Waals surface area contributed by atoms with Gasteiger partial charge in [0.2, 0.25) is 0 Å². The van der Waals surface area contributed by atoms with Crippen LogP contribution < -0.4 is 19.9 Å². The van der Waals surface area contributed by atoms with E-state index >= 15 is 0 Å². The largest absolute Gasteiger partial charge is 0.493 e.